The predicted octanol–water partition coefficient (Wildman–Crippen LogP) is 1.46. The number of carbonyl (C=O) groups is 3. The number of halogens is 3. The van der Waals surface area contributed by atoms with Crippen molar-refractivity contribution in [1.29, 1.82) is 0 Å². The summed E-state index contributed by atoms with van der Waals surface area (Å²) in [6.07, 6.45) is -2.57. The van der Waals surface area contributed by atoms with Crippen molar-refractivity contribution in [2.24, 2.45) is 0 Å². The Kier molecular flexibility index (Phi) is 6.54. The number of hydroxylamine groups is 1. The highest BCUT2D eigenvalue weighted by molar-refractivity contribution is 6.08. The molecule has 0 aliphatic rings. The maximum atomic E-state index is 12.8. The number of nitrogens with one attached hydrogen (secondary N) is 2. The van der Waals surface area contributed by atoms with Gasteiger partial charge in [0.25, 0.3) is 17.7 Å². The van der Waals surface area contributed by atoms with Gasteiger partial charge in [-0.15, -0.1) is 0 Å². The van der Waals surface area contributed by atoms with Gasteiger partial charge in [-0.3, -0.25) is 24.6 Å². The van der Waals surface area contributed by atoms with Crippen LogP contribution in [0.25, 0.3) is 11.1 Å². The number of hydrogen-bond donors (Lipinski definition) is 3. The van der Waals surface area contributed by atoms with Crippen LogP contribution in [0, 0.1) is 0 Å². The topological polar surface area (TPSA) is 112 Å². The fraction of sp³-hybridized carbons (Fsp3) is 0.222. The van der Waals surface area contributed by atoms with Crippen molar-refractivity contribution in [3.05, 3.63) is 53.9 Å². The molecule has 0 aliphatic heterocycles. The van der Waals surface area contributed by atoms with Crippen molar-refractivity contribution in [1.82, 2.24) is 20.7 Å². The van der Waals surface area contributed by atoms with Gasteiger partial charge in [0.2, 0.25) is 0 Å². The van der Waals surface area contributed by atoms with Crippen LogP contribution >= 0.6 is 0 Å². The van der Waals surface area contributed by atoms with Crippen molar-refractivity contribution in [3.63, 3.8) is 0 Å². The Morgan fingerprint density at radius 3 is 2.21 bits per heavy atom. The Bertz CT molecular complexity index is 900. The Hall–Kier alpha value is -3.47. The molecule has 8 nitrogen and oxygen atoms in total. The Morgan fingerprint density at radius 1 is 1.07 bits per heavy atom. The van der Waals surface area contributed by atoms with Gasteiger partial charge in [-0.2, -0.15) is 13.2 Å². The van der Waals surface area contributed by atoms with Crippen LogP contribution in [0.2, 0.25) is 0 Å². The van der Waals surface area contributed by atoms with Crippen LogP contribution in [-0.2, 0) is 15.8 Å². The van der Waals surface area contributed by atoms with Crippen LogP contribution < -0.4 is 10.8 Å². The van der Waals surface area contributed by atoms with E-state index in [0.29, 0.717) is 11.8 Å². The highest BCUT2D eigenvalue weighted by Crippen LogP contribution is 2.31. The monoisotopic (exact) mass is 410 g/mol. The van der Waals surface area contributed by atoms with Crippen LogP contribution in [0.1, 0.15) is 15.9 Å². The average molecular weight is 410 g/mol. The van der Waals surface area contributed by atoms with Gasteiger partial charge in [-0.05, 0) is 23.8 Å². The first-order valence-electron chi connectivity index (χ1n) is 8.15. The summed E-state index contributed by atoms with van der Waals surface area (Å²) in [5, 5.41) is 11.0. The lowest BCUT2D eigenvalue weighted by Gasteiger charge is -2.25. The summed E-state index contributed by atoms with van der Waals surface area (Å²) in [7, 11) is 2.46. The van der Waals surface area contributed by atoms with E-state index in [9.17, 15) is 27.6 Å². The zero-order valence-corrected chi connectivity index (χ0v) is 15.3. The van der Waals surface area contributed by atoms with E-state index in [1.807, 2.05) is 0 Å². The Balaban J connectivity index is 2.28. The van der Waals surface area contributed by atoms with Gasteiger partial charge in [-0.25, -0.2) is 5.48 Å². The zero-order valence-electron chi connectivity index (χ0n) is 15.3. The summed E-state index contributed by atoms with van der Waals surface area (Å²) in [6, 6.07) is 4.82. The molecule has 1 heterocycles. The van der Waals surface area contributed by atoms with E-state index in [1.165, 1.54) is 50.0 Å². The van der Waals surface area contributed by atoms with E-state index in [-0.39, 0.29) is 11.1 Å². The molecule has 2 rings (SSSR count). The van der Waals surface area contributed by atoms with Crippen molar-refractivity contribution < 1.29 is 32.8 Å². The average Bonchev–Trinajstić information content (AvgIpc) is 2.72. The third-order valence-corrected chi connectivity index (χ3v) is 4.09. The third kappa shape index (κ3) is 4.88. The lowest BCUT2D eigenvalue weighted by molar-refractivity contribution is -0.141. The molecule has 0 saturated heterocycles. The molecule has 11 heteroatoms. The molecule has 0 saturated carbocycles. The number of carbonyl (C=O) groups excluding carboxylic acids is 3. The highest BCUT2D eigenvalue weighted by atomic mass is 19.4. The summed E-state index contributed by atoms with van der Waals surface area (Å²) in [4.78, 5) is 40.6. The second-order valence-corrected chi connectivity index (χ2v) is 5.95. The molecule has 1 aromatic carbocycles. The van der Waals surface area contributed by atoms with Gasteiger partial charge >= 0.3 is 6.18 Å². The molecule has 1 aromatic heterocycles. The standard InChI is InChI=1S/C18H17F3N4O4/c1-22-15(26)14(16(27)24-29)25(2)17(28)11-5-3-10(4-6-11)12-7-13(9-23-8-12)18(19,20)21/h3-9,14,29H,1-2H3,(H,22,26)(H,24,27). The van der Waals surface area contributed by atoms with Crippen LogP contribution in [0.4, 0.5) is 13.2 Å². The van der Waals surface area contributed by atoms with Gasteiger partial charge < -0.3 is 10.2 Å². The quantitative estimate of drug-likeness (QED) is 0.393. The zero-order chi connectivity index (χ0) is 21.8. The molecule has 154 valence electrons. The van der Waals surface area contributed by atoms with Crippen molar-refractivity contribution in [3.8, 4) is 11.1 Å². The van der Waals surface area contributed by atoms with Gasteiger partial charge in [0.1, 0.15) is 0 Å². The number of rotatable bonds is 5. The normalized spacial score (nSPS) is 12.1. The van der Waals surface area contributed by atoms with Crippen molar-refractivity contribution in [2.45, 2.75) is 12.2 Å². The fourth-order valence-corrected chi connectivity index (χ4v) is 2.55. The van der Waals surface area contributed by atoms with Gasteiger partial charge in [-0.1, -0.05) is 12.1 Å². The molecule has 1 atom stereocenters. The summed E-state index contributed by atoms with van der Waals surface area (Å²) < 4.78 is 38.5. The van der Waals surface area contributed by atoms with Crippen molar-refractivity contribution >= 4 is 17.7 Å². The maximum absolute atomic E-state index is 12.8. The smallest absolute Gasteiger partial charge is 0.357 e. The molecular weight excluding hydrogens is 393 g/mol. The number of hydrogen-bond acceptors (Lipinski definition) is 5. The minimum atomic E-state index is -4.54. The molecule has 0 fully saturated rings. The number of alkyl halides is 3. The molecule has 29 heavy (non-hydrogen) atoms. The Labute approximate surface area is 163 Å². The van der Waals surface area contributed by atoms with E-state index >= 15 is 0 Å². The van der Waals surface area contributed by atoms with Gasteiger partial charge in [0.15, 0.2) is 6.04 Å². The third-order valence-electron chi connectivity index (χ3n) is 4.09. The molecule has 0 bridgehead atoms. The first-order chi connectivity index (χ1) is 13.6. The van der Waals surface area contributed by atoms with E-state index in [1.54, 1.807) is 0 Å². The lowest BCUT2D eigenvalue weighted by atomic mass is 10.0. The molecule has 0 spiro atoms. The molecule has 2 aromatic rings. The summed E-state index contributed by atoms with van der Waals surface area (Å²) in [6.45, 7) is 0. The van der Waals surface area contributed by atoms with E-state index in [0.717, 1.165) is 11.0 Å². The predicted molar refractivity (Wildman–Crippen MR) is 94.6 cm³/mol. The van der Waals surface area contributed by atoms with Gasteiger partial charge in [0.05, 0.1) is 5.56 Å². The summed E-state index contributed by atoms with van der Waals surface area (Å²) in [5.74, 6) is -2.64. The van der Waals surface area contributed by atoms with E-state index in [2.05, 4.69) is 10.3 Å². The largest absolute Gasteiger partial charge is 0.417 e. The molecule has 0 aliphatic carbocycles. The van der Waals surface area contributed by atoms with E-state index in [4.69, 9.17) is 5.21 Å². The second-order valence-electron chi connectivity index (χ2n) is 5.95. The number of benzene rings is 1. The Morgan fingerprint density at radius 2 is 1.69 bits per heavy atom. The first kappa shape index (κ1) is 21.8. The number of aromatic nitrogens is 1. The fourth-order valence-electron chi connectivity index (χ4n) is 2.55. The summed E-state index contributed by atoms with van der Waals surface area (Å²) >= 11 is 0. The van der Waals surface area contributed by atoms with Crippen LogP contribution in [-0.4, -0.2) is 52.9 Å². The number of amides is 3. The van der Waals surface area contributed by atoms with E-state index < -0.39 is 35.5 Å². The minimum Gasteiger partial charge on any atom is -0.357 e. The van der Waals surface area contributed by atoms with Crippen LogP contribution in [0.15, 0.2) is 42.7 Å². The number of likely N-dealkylation sites (N-methyl/N-ethyl adjacent to an activating group) is 2. The van der Waals surface area contributed by atoms with Crippen molar-refractivity contribution in [2.75, 3.05) is 14.1 Å². The second kappa shape index (κ2) is 8.69. The van der Waals surface area contributed by atoms with Crippen LogP contribution in [0.3, 0.4) is 0 Å². The number of nitrogens with zero attached hydrogens (tertiary/aromatic N) is 2. The SMILES string of the molecule is CNC(=O)C(C(=O)NO)N(C)C(=O)c1ccc(-c2cncc(C(F)(F)F)c2)cc1. The van der Waals surface area contributed by atoms with Gasteiger partial charge in [0, 0.05) is 37.6 Å². The minimum absolute atomic E-state index is 0.0795. The molecule has 0 radical (unpaired) electrons. The lowest BCUT2D eigenvalue weighted by Crippen LogP contribution is -2.54. The molecule has 3 amide bonds. The first-order valence-corrected chi connectivity index (χ1v) is 8.15. The molecular formula is C18H17F3N4O4. The summed E-state index contributed by atoms with van der Waals surface area (Å²) in [5.41, 5.74) is 1.09. The number of pyridine rings is 1. The van der Waals surface area contributed by atoms with Crippen LogP contribution in [0.5, 0.6) is 0 Å². The molecule has 3 N–H and O–H groups in total. The molecule has 1 unspecified atom stereocenters. The maximum Gasteiger partial charge on any atom is 0.417 e. The highest BCUT2D eigenvalue weighted by Gasteiger charge is 2.33.